The Labute approximate surface area is 127 Å². The zero-order chi connectivity index (χ0) is 14.7. The Morgan fingerprint density at radius 3 is 2.90 bits per heavy atom. The van der Waals surface area contributed by atoms with E-state index in [9.17, 15) is 5.11 Å². The summed E-state index contributed by atoms with van der Waals surface area (Å²) in [6.45, 7) is 0.394. The van der Waals surface area contributed by atoms with Crippen LogP contribution >= 0.6 is 11.6 Å². The summed E-state index contributed by atoms with van der Waals surface area (Å²) in [5, 5.41) is 14.3. The minimum atomic E-state index is -0.301. The Morgan fingerprint density at radius 1 is 1.29 bits per heavy atom. The highest BCUT2D eigenvalue weighted by Crippen LogP contribution is 2.28. The zero-order valence-corrected chi connectivity index (χ0v) is 12.3. The molecule has 1 heterocycles. The SMILES string of the molecule is O[C@@H]1CCCC[C@@H]1COc1nc(-c2ccccc2Cl)no1. The number of hydrogen-bond acceptors (Lipinski definition) is 5. The number of ether oxygens (including phenoxy) is 1. The second-order valence-corrected chi connectivity index (χ2v) is 5.69. The molecular weight excluding hydrogens is 292 g/mol. The van der Waals surface area contributed by atoms with E-state index in [1.807, 2.05) is 18.2 Å². The highest BCUT2D eigenvalue weighted by molar-refractivity contribution is 6.33. The first kappa shape index (κ1) is 14.4. The van der Waals surface area contributed by atoms with E-state index in [1.54, 1.807) is 6.07 Å². The predicted octanol–water partition coefficient (Wildman–Crippen LogP) is 3.32. The van der Waals surface area contributed by atoms with Crippen LogP contribution in [0.15, 0.2) is 28.8 Å². The Bertz CT molecular complexity index is 602. The number of halogens is 1. The fraction of sp³-hybridized carbons (Fsp3) is 0.467. The zero-order valence-electron chi connectivity index (χ0n) is 11.5. The van der Waals surface area contributed by atoms with Gasteiger partial charge in [-0.15, -0.1) is 0 Å². The summed E-state index contributed by atoms with van der Waals surface area (Å²) >= 11 is 6.09. The molecule has 2 aromatic rings. The number of aliphatic hydroxyl groups is 1. The molecule has 1 aliphatic carbocycles. The van der Waals surface area contributed by atoms with Gasteiger partial charge in [0.1, 0.15) is 0 Å². The maximum Gasteiger partial charge on any atom is 0.417 e. The van der Waals surface area contributed by atoms with Gasteiger partial charge in [0.15, 0.2) is 0 Å². The third-order valence-corrected chi connectivity index (χ3v) is 4.14. The van der Waals surface area contributed by atoms with Crippen molar-refractivity contribution in [3.8, 4) is 17.5 Å². The highest BCUT2D eigenvalue weighted by atomic mass is 35.5. The van der Waals surface area contributed by atoms with E-state index in [-0.39, 0.29) is 18.1 Å². The molecular formula is C15H17ClN2O3. The van der Waals surface area contributed by atoms with Gasteiger partial charge in [0.25, 0.3) is 0 Å². The molecule has 1 aliphatic rings. The Hall–Kier alpha value is -1.59. The van der Waals surface area contributed by atoms with Gasteiger partial charge in [-0.25, -0.2) is 0 Å². The predicted molar refractivity (Wildman–Crippen MR) is 78.2 cm³/mol. The van der Waals surface area contributed by atoms with E-state index < -0.39 is 0 Å². The molecule has 0 spiro atoms. The molecule has 0 saturated heterocycles. The molecule has 2 atom stereocenters. The molecule has 0 unspecified atom stereocenters. The maximum atomic E-state index is 9.90. The molecule has 1 aromatic heterocycles. The molecule has 112 valence electrons. The lowest BCUT2D eigenvalue weighted by Gasteiger charge is -2.26. The Balaban J connectivity index is 1.64. The monoisotopic (exact) mass is 308 g/mol. The quantitative estimate of drug-likeness (QED) is 0.938. The molecule has 21 heavy (non-hydrogen) atoms. The van der Waals surface area contributed by atoms with Gasteiger partial charge in [0.2, 0.25) is 5.82 Å². The summed E-state index contributed by atoms with van der Waals surface area (Å²) < 4.78 is 10.6. The summed E-state index contributed by atoms with van der Waals surface area (Å²) in [6.07, 6.45) is 3.82. The van der Waals surface area contributed by atoms with Gasteiger partial charge in [-0.3, -0.25) is 4.52 Å². The van der Waals surface area contributed by atoms with Gasteiger partial charge in [-0.05, 0) is 25.0 Å². The minimum Gasteiger partial charge on any atom is -0.448 e. The van der Waals surface area contributed by atoms with Crippen molar-refractivity contribution in [3.05, 3.63) is 29.3 Å². The molecule has 1 N–H and O–H groups in total. The highest BCUT2D eigenvalue weighted by Gasteiger charge is 2.24. The lowest BCUT2D eigenvalue weighted by molar-refractivity contribution is 0.0331. The molecule has 0 bridgehead atoms. The number of hydrogen-bond donors (Lipinski definition) is 1. The van der Waals surface area contributed by atoms with Crippen LogP contribution in [0.5, 0.6) is 6.08 Å². The number of aromatic nitrogens is 2. The molecule has 0 aliphatic heterocycles. The number of benzene rings is 1. The van der Waals surface area contributed by atoms with Crippen LogP contribution in [0.2, 0.25) is 5.02 Å². The second-order valence-electron chi connectivity index (χ2n) is 5.29. The van der Waals surface area contributed by atoms with Crippen LogP contribution in [-0.2, 0) is 0 Å². The van der Waals surface area contributed by atoms with Crippen LogP contribution in [0.3, 0.4) is 0 Å². The third-order valence-electron chi connectivity index (χ3n) is 3.81. The van der Waals surface area contributed by atoms with Crippen LogP contribution in [0.1, 0.15) is 25.7 Å². The smallest absolute Gasteiger partial charge is 0.417 e. The first-order chi connectivity index (χ1) is 10.2. The number of rotatable bonds is 4. The van der Waals surface area contributed by atoms with Gasteiger partial charge in [0.05, 0.1) is 17.7 Å². The second kappa shape index (κ2) is 6.45. The molecule has 0 amide bonds. The normalized spacial score (nSPS) is 22.2. The summed E-state index contributed by atoms with van der Waals surface area (Å²) in [6, 6.07) is 7.29. The van der Waals surface area contributed by atoms with Crippen molar-refractivity contribution >= 4 is 11.6 Å². The standard InChI is InChI=1S/C15H17ClN2O3/c16-12-7-3-2-6-11(12)14-17-15(21-18-14)20-9-10-5-1-4-8-13(10)19/h2-3,6-7,10,13,19H,1,4-5,8-9H2/t10-,13-/m1/s1. The summed E-state index contributed by atoms with van der Waals surface area (Å²) in [7, 11) is 0. The van der Waals surface area contributed by atoms with Crippen LogP contribution in [-0.4, -0.2) is 28.0 Å². The molecule has 1 saturated carbocycles. The lowest BCUT2D eigenvalue weighted by atomic mass is 9.87. The third kappa shape index (κ3) is 3.36. The van der Waals surface area contributed by atoms with E-state index in [1.165, 1.54) is 0 Å². The average molecular weight is 309 g/mol. The van der Waals surface area contributed by atoms with E-state index in [2.05, 4.69) is 10.1 Å². The van der Waals surface area contributed by atoms with Gasteiger partial charge < -0.3 is 9.84 Å². The Kier molecular flexibility index (Phi) is 4.41. The first-order valence-corrected chi connectivity index (χ1v) is 7.51. The van der Waals surface area contributed by atoms with Gasteiger partial charge in [0, 0.05) is 11.5 Å². The topological polar surface area (TPSA) is 68.4 Å². The lowest BCUT2D eigenvalue weighted by Crippen LogP contribution is -2.29. The molecule has 5 nitrogen and oxygen atoms in total. The number of nitrogens with zero attached hydrogens (tertiary/aromatic N) is 2. The largest absolute Gasteiger partial charge is 0.448 e. The van der Waals surface area contributed by atoms with Crippen molar-refractivity contribution in [2.45, 2.75) is 31.8 Å². The fourth-order valence-corrected chi connectivity index (χ4v) is 2.80. The van der Waals surface area contributed by atoms with Crippen molar-refractivity contribution < 1.29 is 14.4 Å². The number of aliphatic hydroxyl groups excluding tert-OH is 1. The molecule has 0 radical (unpaired) electrons. The molecule has 1 aromatic carbocycles. The van der Waals surface area contributed by atoms with E-state index in [0.29, 0.717) is 23.0 Å². The molecule has 6 heteroatoms. The molecule has 3 rings (SSSR count). The fourth-order valence-electron chi connectivity index (χ4n) is 2.58. The average Bonchev–Trinajstić information content (AvgIpc) is 2.96. The van der Waals surface area contributed by atoms with E-state index in [4.69, 9.17) is 20.9 Å². The van der Waals surface area contributed by atoms with E-state index >= 15 is 0 Å². The van der Waals surface area contributed by atoms with Crippen LogP contribution in [0, 0.1) is 5.92 Å². The van der Waals surface area contributed by atoms with Crippen molar-refractivity contribution in [1.82, 2.24) is 10.1 Å². The van der Waals surface area contributed by atoms with Crippen LogP contribution in [0.4, 0.5) is 0 Å². The first-order valence-electron chi connectivity index (χ1n) is 7.13. The van der Waals surface area contributed by atoms with Crippen LogP contribution in [0.25, 0.3) is 11.4 Å². The van der Waals surface area contributed by atoms with E-state index in [0.717, 1.165) is 25.7 Å². The maximum absolute atomic E-state index is 9.90. The van der Waals surface area contributed by atoms with Crippen molar-refractivity contribution in [1.29, 1.82) is 0 Å². The van der Waals surface area contributed by atoms with Crippen molar-refractivity contribution in [2.24, 2.45) is 5.92 Å². The summed E-state index contributed by atoms with van der Waals surface area (Å²) in [5.41, 5.74) is 0.704. The molecule has 1 fully saturated rings. The van der Waals surface area contributed by atoms with Crippen LogP contribution < -0.4 is 4.74 Å². The minimum absolute atomic E-state index is 0.114. The van der Waals surface area contributed by atoms with Crippen molar-refractivity contribution in [2.75, 3.05) is 6.61 Å². The summed E-state index contributed by atoms with van der Waals surface area (Å²) in [5.74, 6) is 0.536. The Morgan fingerprint density at radius 2 is 2.10 bits per heavy atom. The van der Waals surface area contributed by atoms with Gasteiger partial charge >= 0.3 is 6.08 Å². The van der Waals surface area contributed by atoms with Gasteiger partial charge in [-0.1, -0.05) is 41.7 Å². The van der Waals surface area contributed by atoms with Gasteiger partial charge in [-0.2, -0.15) is 4.98 Å². The summed E-state index contributed by atoms with van der Waals surface area (Å²) in [4.78, 5) is 4.18. The van der Waals surface area contributed by atoms with Crippen molar-refractivity contribution in [3.63, 3.8) is 0 Å².